The molecule has 0 saturated heterocycles. The molecule has 106 valence electrons. The summed E-state index contributed by atoms with van der Waals surface area (Å²) in [6.45, 7) is 8.12. The van der Waals surface area contributed by atoms with Gasteiger partial charge in [-0.1, -0.05) is 0 Å². The van der Waals surface area contributed by atoms with Crippen LogP contribution in [0.25, 0.3) is 0 Å². The van der Waals surface area contributed by atoms with Gasteiger partial charge in [0.15, 0.2) is 0 Å². The molecule has 1 unspecified atom stereocenters. The predicted molar refractivity (Wildman–Crippen MR) is 71.4 cm³/mol. The largest absolute Gasteiger partial charge is 0.444 e. The van der Waals surface area contributed by atoms with Crippen LogP contribution in [0.2, 0.25) is 0 Å². The number of nitrogens with zero attached hydrogens (tertiary/aromatic N) is 1. The van der Waals surface area contributed by atoms with Gasteiger partial charge in [-0.05, 0) is 47.0 Å². The molecule has 0 aliphatic carbocycles. The summed E-state index contributed by atoms with van der Waals surface area (Å²) in [5.74, 6) is 0. The molecule has 5 nitrogen and oxygen atoms in total. The zero-order chi connectivity index (χ0) is 14.2. The van der Waals surface area contributed by atoms with Gasteiger partial charge in [-0.25, -0.2) is 4.79 Å². The highest BCUT2D eigenvalue weighted by Crippen LogP contribution is 2.07. The number of hydrogen-bond donors (Lipinski definition) is 1. The molecule has 0 heterocycles. The number of carbonyl (C=O) groups is 2. The Kier molecular flexibility index (Phi) is 7.39. The van der Waals surface area contributed by atoms with Crippen molar-refractivity contribution in [2.75, 3.05) is 13.6 Å². The Bertz CT molecular complexity index is 261. The first-order valence-electron chi connectivity index (χ1n) is 6.40. The molecule has 0 aromatic heterocycles. The molecule has 0 aromatic rings. The van der Waals surface area contributed by atoms with Gasteiger partial charge in [-0.3, -0.25) is 4.79 Å². The van der Waals surface area contributed by atoms with E-state index in [1.165, 1.54) is 0 Å². The van der Waals surface area contributed by atoms with Gasteiger partial charge in [0.1, 0.15) is 5.60 Å². The van der Waals surface area contributed by atoms with Crippen molar-refractivity contribution in [2.45, 2.75) is 58.6 Å². The van der Waals surface area contributed by atoms with Crippen LogP contribution >= 0.6 is 0 Å². The Morgan fingerprint density at radius 3 is 2.50 bits per heavy atom. The van der Waals surface area contributed by atoms with Crippen LogP contribution in [0, 0.1) is 0 Å². The third kappa shape index (κ3) is 8.84. The van der Waals surface area contributed by atoms with Crippen LogP contribution < -0.4 is 5.32 Å². The molecule has 0 rings (SSSR count). The van der Waals surface area contributed by atoms with E-state index in [-0.39, 0.29) is 12.1 Å². The van der Waals surface area contributed by atoms with E-state index < -0.39 is 5.60 Å². The van der Waals surface area contributed by atoms with E-state index in [0.717, 1.165) is 25.7 Å². The summed E-state index contributed by atoms with van der Waals surface area (Å²) in [5, 5.41) is 2.71. The molecule has 0 bridgehead atoms. The van der Waals surface area contributed by atoms with Gasteiger partial charge in [-0.15, -0.1) is 0 Å². The van der Waals surface area contributed by atoms with Crippen LogP contribution in [0.4, 0.5) is 4.79 Å². The summed E-state index contributed by atoms with van der Waals surface area (Å²) in [4.78, 5) is 23.5. The lowest BCUT2D eigenvalue weighted by Crippen LogP contribution is -2.33. The van der Waals surface area contributed by atoms with Crippen LogP contribution in [0.1, 0.15) is 47.0 Å². The molecule has 0 saturated carbocycles. The van der Waals surface area contributed by atoms with Gasteiger partial charge in [0.2, 0.25) is 6.41 Å². The van der Waals surface area contributed by atoms with Gasteiger partial charge in [0.25, 0.3) is 0 Å². The Morgan fingerprint density at radius 1 is 1.39 bits per heavy atom. The number of hydrogen-bond acceptors (Lipinski definition) is 3. The van der Waals surface area contributed by atoms with Crippen LogP contribution in [-0.2, 0) is 9.53 Å². The third-order valence-electron chi connectivity index (χ3n) is 2.58. The monoisotopic (exact) mass is 258 g/mol. The molecule has 0 aromatic carbocycles. The molecular weight excluding hydrogens is 232 g/mol. The van der Waals surface area contributed by atoms with Gasteiger partial charge in [0.05, 0.1) is 0 Å². The molecule has 5 heteroatoms. The maximum absolute atomic E-state index is 11.3. The fraction of sp³-hybridized carbons (Fsp3) is 0.846. The summed E-state index contributed by atoms with van der Waals surface area (Å²) in [7, 11) is 1.77. The van der Waals surface area contributed by atoms with Crippen LogP contribution in [0.3, 0.4) is 0 Å². The van der Waals surface area contributed by atoms with Crippen molar-refractivity contribution in [1.29, 1.82) is 0 Å². The van der Waals surface area contributed by atoms with Crippen molar-refractivity contribution < 1.29 is 14.3 Å². The lowest BCUT2D eigenvalue weighted by molar-refractivity contribution is -0.118. The lowest BCUT2D eigenvalue weighted by atomic mass is 10.1. The van der Waals surface area contributed by atoms with Crippen LogP contribution in [-0.4, -0.2) is 42.6 Å². The molecule has 0 aliphatic heterocycles. The first-order valence-corrected chi connectivity index (χ1v) is 6.40. The third-order valence-corrected chi connectivity index (χ3v) is 2.58. The number of alkyl carbamates (subject to hydrolysis) is 1. The number of amides is 2. The molecular formula is C13H26N2O3. The van der Waals surface area contributed by atoms with E-state index in [2.05, 4.69) is 5.32 Å². The first-order chi connectivity index (χ1) is 8.26. The highest BCUT2D eigenvalue weighted by molar-refractivity contribution is 5.67. The highest BCUT2D eigenvalue weighted by atomic mass is 16.6. The zero-order valence-corrected chi connectivity index (χ0v) is 12.2. The Hall–Kier alpha value is -1.26. The number of rotatable bonds is 7. The molecule has 1 atom stereocenters. The number of nitrogens with one attached hydrogen (secondary N) is 1. The molecule has 18 heavy (non-hydrogen) atoms. The number of ether oxygens (including phenoxy) is 1. The first kappa shape index (κ1) is 16.7. The van der Waals surface area contributed by atoms with Crippen LogP contribution in [0.5, 0.6) is 0 Å². The summed E-state index contributed by atoms with van der Waals surface area (Å²) in [6.07, 6.45) is 3.25. The van der Waals surface area contributed by atoms with E-state index in [1.807, 2.05) is 27.7 Å². The van der Waals surface area contributed by atoms with Gasteiger partial charge in [-0.2, -0.15) is 0 Å². The lowest BCUT2D eigenvalue weighted by Gasteiger charge is -2.21. The molecule has 2 amide bonds. The minimum Gasteiger partial charge on any atom is -0.444 e. The highest BCUT2D eigenvalue weighted by Gasteiger charge is 2.15. The fourth-order valence-electron chi connectivity index (χ4n) is 1.38. The fourth-order valence-corrected chi connectivity index (χ4v) is 1.38. The van der Waals surface area contributed by atoms with E-state index in [9.17, 15) is 9.59 Å². The minimum atomic E-state index is -0.453. The van der Waals surface area contributed by atoms with Crippen LogP contribution in [0.15, 0.2) is 0 Å². The zero-order valence-electron chi connectivity index (χ0n) is 12.2. The van der Waals surface area contributed by atoms with E-state index >= 15 is 0 Å². The van der Waals surface area contributed by atoms with Gasteiger partial charge < -0.3 is 15.0 Å². The minimum absolute atomic E-state index is 0.240. The normalized spacial score (nSPS) is 12.7. The van der Waals surface area contributed by atoms with Crippen molar-refractivity contribution in [3.05, 3.63) is 0 Å². The number of carbonyl (C=O) groups excluding carboxylic acids is 2. The van der Waals surface area contributed by atoms with Gasteiger partial charge in [0, 0.05) is 19.6 Å². The smallest absolute Gasteiger partial charge is 0.407 e. The maximum Gasteiger partial charge on any atom is 0.407 e. The Labute approximate surface area is 110 Å². The molecule has 1 N–H and O–H groups in total. The van der Waals surface area contributed by atoms with Crippen molar-refractivity contribution >= 4 is 12.5 Å². The average Bonchev–Trinajstić information content (AvgIpc) is 2.24. The second-order valence-electron chi connectivity index (χ2n) is 5.54. The summed E-state index contributed by atoms with van der Waals surface area (Å²) in [5.41, 5.74) is -0.453. The summed E-state index contributed by atoms with van der Waals surface area (Å²) in [6, 6.07) is 0.240. The Morgan fingerprint density at radius 2 is 2.00 bits per heavy atom. The summed E-state index contributed by atoms with van der Waals surface area (Å²) < 4.78 is 5.12. The van der Waals surface area contributed by atoms with E-state index in [1.54, 1.807) is 11.9 Å². The second-order valence-corrected chi connectivity index (χ2v) is 5.54. The molecule has 0 spiro atoms. The standard InChI is InChI=1S/C13H26N2O3/c1-11(15(5)10-16)8-6-7-9-14-12(17)18-13(2,3)4/h10-11H,6-9H2,1-5H3,(H,14,17). The Balaban J connectivity index is 3.57. The topological polar surface area (TPSA) is 58.6 Å². The molecule has 0 radical (unpaired) electrons. The number of unbranched alkanes of at least 4 members (excludes halogenated alkanes) is 1. The molecule has 0 fully saturated rings. The average molecular weight is 258 g/mol. The second kappa shape index (κ2) is 7.95. The quantitative estimate of drug-likeness (QED) is 0.562. The van der Waals surface area contributed by atoms with Gasteiger partial charge >= 0.3 is 6.09 Å². The van der Waals surface area contributed by atoms with Crippen molar-refractivity contribution in [3.63, 3.8) is 0 Å². The summed E-state index contributed by atoms with van der Waals surface area (Å²) >= 11 is 0. The van der Waals surface area contributed by atoms with E-state index in [4.69, 9.17) is 4.74 Å². The van der Waals surface area contributed by atoms with Crippen molar-refractivity contribution in [2.24, 2.45) is 0 Å². The van der Waals surface area contributed by atoms with Crippen molar-refractivity contribution in [1.82, 2.24) is 10.2 Å². The SMILES string of the molecule is CC(CCCCNC(=O)OC(C)(C)C)N(C)C=O. The van der Waals surface area contributed by atoms with Crippen molar-refractivity contribution in [3.8, 4) is 0 Å². The predicted octanol–water partition coefficient (Wildman–Crippen LogP) is 2.16. The maximum atomic E-state index is 11.3. The van der Waals surface area contributed by atoms with E-state index in [0.29, 0.717) is 6.54 Å². The molecule has 0 aliphatic rings.